The third-order valence-corrected chi connectivity index (χ3v) is 1.24. The van der Waals surface area contributed by atoms with Crippen LogP contribution in [0.3, 0.4) is 0 Å². The zero-order valence-corrected chi connectivity index (χ0v) is 9.66. The van der Waals surface area contributed by atoms with Gasteiger partial charge in [0.15, 0.2) is 0 Å². The van der Waals surface area contributed by atoms with Crippen molar-refractivity contribution in [3.05, 3.63) is 29.6 Å². The van der Waals surface area contributed by atoms with Crippen molar-refractivity contribution < 1.29 is 62.7 Å². The molecule has 0 aliphatic rings. The van der Waals surface area contributed by atoms with Gasteiger partial charge in [-0.15, -0.1) is 0 Å². The number of nitrogens with zero attached hydrogens (tertiary/aromatic N) is 1. The summed E-state index contributed by atoms with van der Waals surface area (Å²) in [7, 11) is 0. The van der Waals surface area contributed by atoms with Crippen LogP contribution in [0.15, 0.2) is 18.3 Å². The zero-order chi connectivity index (χ0) is 7.56. The Bertz CT molecular complexity index is 267. The molecule has 0 aromatic carbocycles. The molecule has 0 radical (unpaired) electrons. The van der Waals surface area contributed by atoms with Crippen molar-refractivity contribution in [3.63, 3.8) is 0 Å². The topological polar surface area (TPSA) is 50.2 Å². The average Bonchev–Trinajstić information content (AvgIpc) is 1.88. The van der Waals surface area contributed by atoms with Crippen molar-refractivity contribution in [2.45, 2.75) is 6.92 Å². The molecule has 0 spiro atoms. The second-order valence-corrected chi connectivity index (χ2v) is 1.94. The molecule has 1 aromatic rings. The summed E-state index contributed by atoms with van der Waals surface area (Å²) >= 11 is 0. The monoisotopic (exact) mass is 177 g/mol. The smallest absolute Gasteiger partial charge is 1.00 e. The van der Waals surface area contributed by atoms with Crippen LogP contribution in [-0.4, -0.2) is 16.1 Å². The van der Waals surface area contributed by atoms with E-state index in [0.29, 0.717) is 5.69 Å². The Labute approximate surface area is 109 Å². The molecule has 0 unspecified atom stereocenters. The molecule has 0 amide bonds. The van der Waals surface area contributed by atoms with Gasteiger partial charge in [0.1, 0.15) is 0 Å². The number of rotatable bonds is 1. The molecule has 1 N–H and O–H groups in total. The minimum Gasteiger partial charge on any atom is -1.00 e. The number of aryl methyl sites for hydroxylation is 1. The third-order valence-electron chi connectivity index (χ3n) is 1.24. The van der Waals surface area contributed by atoms with Gasteiger partial charge in [0, 0.05) is 6.20 Å². The van der Waals surface area contributed by atoms with E-state index in [-0.39, 0.29) is 58.4 Å². The molecular weight excluding hydrogens is 169 g/mol. The fourth-order valence-corrected chi connectivity index (χ4v) is 0.710. The van der Waals surface area contributed by atoms with E-state index in [0.717, 1.165) is 0 Å². The first kappa shape index (κ1) is 11.3. The maximum absolute atomic E-state index is 10.4. The molecule has 0 fully saturated rings. The van der Waals surface area contributed by atoms with Crippen molar-refractivity contribution >= 4 is 5.97 Å². The molecule has 0 bridgehead atoms. The Hall–Kier alpha value is 0.256. The first-order valence-corrected chi connectivity index (χ1v) is 2.86. The van der Waals surface area contributed by atoms with E-state index in [1.165, 1.54) is 6.07 Å². The van der Waals surface area contributed by atoms with Gasteiger partial charge < -0.3 is 6.53 Å². The maximum atomic E-state index is 10.4. The Morgan fingerprint density at radius 1 is 1.73 bits per heavy atom. The Morgan fingerprint density at radius 3 is 2.73 bits per heavy atom. The molecule has 0 saturated heterocycles. The molecule has 1 heterocycles. The number of aromatic carboxylic acids is 1. The predicted molar refractivity (Wildman–Crippen MR) is 37.0 cm³/mol. The number of pyridine rings is 1. The Kier molecular flexibility index (Phi) is 5.12. The SMILES string of the molecule is Cc1ncccc1C(=O)O.[H-].[K+]. The van der Waals surface area contributed by atoms with Gasteiger partial charge in [-0.3, -0.25) is 4.98 Å². The van der Waals surface area contributed by atoms with Crippen LogP contribution in [0.25, 0.3) is 0 Å². The molecule has 0 aliphatic heterocycles. The van der Waals surface area contributed by atoms with Crippen LogP contribution >= 0.6 is 0 Å². The molecule has 11 heavy (non-hydrogen) atoms. The number of carbonyl (C=O) groups is 1. The van der Waals surface area contributed by atoms with Gasteiger partial charge in [-0.1, -0.05) is 0 Å². The van der Waals surface area contributed by atoms with E-state index >= 15 is 0 Å². The molecule has 1 rings (SSSR count). The fraction of sp³-hybridized carbons (Fsp3) is 0.143. The van der Waals surface area contributed by atoms with Gasteiger partial charge >= 0.3 is 57.4 Å². The molecule has 0 aliphatic carbocycles. The van der Waals surface area contributed by atoms with Crippen LogP contribution in [0.1, 0.15) is 17.5 Å². The van der Waals surface area contributed by atoms with Gasteiger partial charge in [0.25, 0.3) is 0 Å². The van der Waals surface area contributed by atoms with Gasteiger partial charge in [0.05, 0.1) is 11.3 Å². The minimum absolute atomic E-state index is 0. The van der Waals surface area contributed by atoms with Crippen molar-refractivity contribution in [2.75, 3.05) is 0 Å². The predicted octanol–water partition coefficient (Wildman–Crippen LogP) is -1.80. The van der Waals surface area contributed by atoms with Crippen LogP contribution in [0.2, 0.25) is 0 Å². The summed E-state index contributed by atoms with van der Waals surface area (Å²) < 4.78 is 0. The standard InChI is InChI=1S/C7H7NO2.K.H/c1-5-6(7(9)10)3-2-4-8-5;;/h2-4H,1H3,(H,9,10);;/q;+1;-1. The van der Waals surface area contributed by atoms with Crippen molar-refractivity contribution in [1.82, 2.24) is 4.98 Å². The average molecular weight is 177 g/mol. The number of hydrogen-bond acceptors (Lipinski definition) is 2. The van der Waals surface area contributed by atoms with Crippen LogP contribution in [0.4, 0.5) is 0 Å². The van der Waals surface area contributed by atoms with E-state index in [9.17, 15) is 4.79 Å². The van der Waals surface area contributed by atoms with Crippen LogP contribution in [-0.2, 0) is 0 Å². The van der Waals surface area contributed by atoms with E-state index in [2.05, 4.69) is 4.98 Å². The number of hydrogen-bond donors (Lipinski definition) is 1. The van der Waals surface area contributed by atoms with Crippen molar-refractivity contribution in [2.24, 2.45) is 0 Å². The first-order chi connectivity index (χ1) is 4.72. The summed E-state index contributed by atoms with van der Waals surface area (Å²) in [4.78, 5) is 14.2. The molecule has 0 atom stereocenters. The van der Waals surface area contributed by atoms with Crippen LogP contribution in [0, 0.1) is 6.92 Å². The zero-order valence-electron chi connectivity index (χ0n) is 7.53. The molecule has 54 valence electrons. The maximum Gasteiger partial charge on any atom is 1.00 e. The fourth-order valence-electron chi connectivity index (χ4n) is 0.710. The second-order valence-electron chi connectivity index (χ2n) is 1.94. The molecule has 1 aromatic heterocycles. The summed E-state index contributed by atoms with van der Waals surface area (Å²) in [5.74, 6) is -0.925. The molecular formula is C7H8KNO2. The summed E-state index contributed by atoms with van der Waals surface area (Å²) in [6, 6.07) is 3.14. The normalized spacial score (nSPS) is 8.45. The van der Waals surface area contributed by atoms with E-state index in [1.54, 1.807) is 19.2 Å². The number of aromatic nitrogens is 1. The molecule has 4 heteroatoms. The van der Waals surface area contributed by atoms with E-state index < -0.39 is 5.97 Å². The van der Waals surface area contributed by atoms with Crippen LogP contribution in [0.5, 0.6) is 0 Å². The van der Waals surface area contributed by atoms with E-state index in [1.807, 2.05) is 0 Å². The minimum atomic E-state index is -0.925. The van der Waals surface area contributed by atoms with Crippen molar-refractivity contribution in [3.8, 4) is 0 Å². The number of carboxylic acid groups (broad SMARTS) is 1. The quantitative estimate of drug-likeness (QED) is 0.515. The van der Waals surface area contributed by atoms with Gasteiger partial charge in [0.2, 0.25) is 0 Å². The second kappa shape index (κ2) is 5.00. The summed E-state index contributed by atoms with van der Waals surface area (Å²) in [6.07, 6.45) is 1.57. The first-order valence-electron chi connectivity index (χ1n) is 2.86. The Morgan fingerprint density at radius 2 is 2.36 bits per heavy atom. The summed E-state index contributed by atoms with van der Waals surface area (Å²) in [5.41, 5.74) is 0.817. The van der Waals surface area contributed by atoms with Gasteiger partial charge in [-0.25, -0.2) is 4.79 Å². The molecule has 3 nitrogen and oxygen atoms in total. The summed E-state index contributed by atoms with van der Waals surface area (Å²) in [5, 5.41) is 8.53. The number of carboxylic acids is 1. The van der Waals surface area contributed by atoms with Crippen molar-refractivity contribution in [1.29, 1.82) is 0 Å². The van der Waals surface area contributed by atoms with E-state index in [4.69, 9.17) is 5.11 Å². The van der Waals surface area contributed by atoms with Crippen LogP contribution < -0.4 is 51.4 Å². The third kappa shape index (κ3) is 3.00. The van der Waals surface area contributed by atoms with Gasteiger partial charge in [-0.05, 0) is 19.1 Å². The largest absolute Gasteiger partial charge is 1.00 e. The molecule has 0 saturated carbocycles. The Balaban J connectivity index is 0. The van der Waals surface area contributed by atoms with Gasteiger partial charge in [-0.2, -0.15) is 0 Å². The summed E-state index contributed by atoms with van der Waals surface area (Å²) in [6.45, 7) is 1.67.